The van der Waals surface area contributed by atoms with Crippen molar-refractivity contribution in [1.82, 2.24) is 24.9 Å². The van der Waals surface area contributed by atoms with E-state index in [2.05, 4.69) is 20.4 Å². The molecule has 0 unspecified atom stereocenters. The predicted octanol–water partition coefficient (Wildman–Crippen LogP) is 3.32. The van der Waals surface area contributed by atoms with Crippen molar-refractivity contribution in [3.8, 4) is 0 Å². The summed E-state index contributed by atoms with van der Waals surface area (Å²) in [5, 5.41) is 8.37. The van der Waals surface area contributed by atoms with Gasteiger partial charge in [-0.05, 0) is 50.5 Å². The van der Waals surface area contributed by atoms with Crippen LogP contribution in [0.25, 0.3) is 15.9 Å². The minimum atomic E-state index is -0.0470. The number of nitrogens with zero attached hydrogens (tertiary/aromatic N) is 4. The lowest BCUT2D eigenvalue weighted by Crippen LogP contribution is -2.24. The summed E-state index contributed by atoms with van der Waals surface area (Å²) >= 11 is 1.61. The maximum atomic E-state index is 12.3. The molecule has 0 aliphatic rings. The van der Waals surface area contributed by atoms with Gasteiger partial charge in [0.05, 0.1) is 20.9 Å². The van der Waals surface area contributed by atoms with E-state index in [1.54, 1.807) is 15.9 Å². The number of aryl methyl sites for hydroxylation is 3. The number of fused-ring (bicyclic) bond motifs is 2. The average molecular weight is 365 g/mol. The molecule has 0 aliphatic carbocycles. The van der Waals surface area contributed by atoms with Gasteiger partial charge in [-0.3, -0.25) is 4.79 Å². The van der Waals surface area contributed by atoms with E-state index >= 15 is 0 Å². The van der Waals surface area contributed by atoms with Crippen LogP contribution in [0, 0.1) is 13.8 Å². The molecule has 0 atom stereocenters. The molecule has 7 heteroatoms. The Morgan fingerprint density at radius 3 is 3.04 bits per heavy atom. The lowest BCUT2D eigenvalue weighted by molar-refractivity contribution is 0.0953. The zero-order valence-electron chi connectivity index (χ0n) is 14.7. The van der Waals surface area contributed by atoms with Crippen LogP contribution in [0.1, 0.15) is 33.0 Å². The summed E-state index contributed by atoms with van der Waals surface area (Å²) in [4.78, 5) is 21.2. The van der Waals surface area contributed by atoms with Crippen molar-refractivity contribution < 1.29 is 4.79 Å². The first-order valence-corrected chi connectivity index (χ1v) is 9.36. The molecule has 0 saturated heterocycles. The van der Waals surface area contributed by atoms with Gasteiger partial charge in [0, 0.05) is 30.6 Å². The van der Waals surface area contributed by atoms with E-state index in [-0.39, 0.29) is 5.91 Å². The number of amides is 1. The molecule has 1 amide bonds. The molecule has 0 bridgehead atoms. The number of carbonyl (C=O) groups is 1. The van der Waals surface area contributed by atoms with Crippen LogP contribution in [0.3, 0.4) is 0 Å². The summed E-state index contributed by atoms with van der Waals surface area (Å²) in [6.07, 6.45) is 5.56. The monoisotopic (exact) mass is 365 g/mol. The van der Waals surface area contributed by atoms with Crippen LogP contribution in [0.2, 0.25) is 0 Å². The van der Waals surface area contributed by atoms with Gasteiger partial charge in [-0.15, -0.1) is 11.3 Å². The molecule has 4 rings (SSSR count). The van der Waals surface area contributed by atoms with Crippen molar-refractivity contribution in [2.24, 2.45) is 0 Å². The third-order valence-corrected chi connectivity index (χ3v) is 5.11. The third kappa shape index (κ3) is 3.43. The number of thiazole rings is 1. The summed E-state index contributed by atoms with van der Waals surface area (Å²) in [6, 6.07) is 7.59. The Morgan fingerprint density at radius 2 is 2.15 bits per heavy atom. The number of nitrogens with one attached hydrogen (secondary N) is 1. The van der Waals surface area contributed by atoms with E-state index in [9.17, 15) is 4.79 Å². The van der Waals surface area contributed by atoms with Gasteiger partial charge in [0.2, 0.25) is 0 Å². The van der Waals surface area contributed by atoms with Crippen LogP contribution >= 0.6 is 11.3 Å². The quantitative estimate of drug-likeness (QED) is 0.551. The molecule has 132 valence electrons. The molecular formula is C19H19N5OS. The molecule has 6 nitrogen and oxygen atoms in total. The van der Waals surface area contributed by atoms with E-state index in [1.807, 2.05) is 50.5 Å². The zero-order valence-corrected chi connectivity index (χ0v) is 15.5. The zero-order chi connectivity index (χ0) is 18.1. The van der Waals surface area contributed by atoms with Crippen LogP contribution in [-0.4, -0.2) is 32.0 Å². The first-order chi connectivity index (χ1) is 12.6. The molecule has 0 radical (unpaired) electrons. The summed E-state index contributed by atoms with van der Waals surface area (Å²) in [7, 11) is 0. The molecule has 4 aromatic rings. The van der Waals surface area contributed by atoms with Crippen LogP contribution in [0.5, 0.6) is 0 Å². The topological polar surface area (TPSA) is 72.2 Å². The highest BCUT2D eigenvalue weighted by molar-refractivity contribution is 7.18. The maximum Gasteiger partial charge on any atom is 0.251 e. The lowest BCUT2D eigenvalue weighted by atomic mass is 10.1. The van der Waals surface area contributed by atoms with Crippen LogP contribution in [0.4, 0.5) is 0 Å². The molecule has 0 saturated carbocycles. The molecule has 3 heterocycles. The Morgan fingerprint density at radius 1 is 1.27 bits per heavy atom. The third-order valence-electron chi connectivity index (χ3n) is 4.17. The van der Waals surface area contributed by atoms with Gasteiger partial charge in [-0.1, -0.05) is 0 Å². The van der Waals surface area contributed by atoms with Crippen LogP contribution < -0.4 is 5.32 Å². The van der Waals surface area contributed by atoms with E-state index in [4.69, 9.17) is 0 Å². The molecule has 3 aromatic heterocycles. The van der Waals surface area contributed by atoms with Crippen molar-refractivity contribution in [2.75, 3.05) is 6.54 Å². The van der Waals surface area contributed by atoms with Crippen molar-refractivity contribution in [1.29, 1.82) is 0 Å². The highest BCUT2D eigenvalue weighted by atomic mass is 32.1. The number of hydrogen-bond acceptors (Lipinski definition) is 5. The highest BCUT2D eigenvalue weighted by Gasteiger charge is 2.08. The van der Waals surface area contributed by atoms with Gasteiger partial charge in [0.25, 0.3) is 5.91 Å². The van der Waals surface area contributed by atoms with E-state index in [0.717, 1.165) is 45.0 Å². The first-order valence-electron chi connectivity index (χ1n) is 8.55. The summed E-state index contributed by atoms with van der Waals surface area (Å²) in [6.45, 7) is 4.55. The molecule has 26 heavy (non-hydrogen) atoms. The average Bonchev–Trinajstić information content (AvgIpc) is 3.17. The molecule has 1 aromatic carbocycles. The number of carbonyl (C=O) groups excluding carboxylic acids is 1. The second kappa shape index (κ2) is 6.84. The first kappa shape index (κ1) is 16.7. The number of benzene rings is 1. The van der Waals surface area contributed by atoms with E-state index in [1.165, 1.54) is 0 Å². The Kier molecular flexibility index (Phi) is 4.38. The van der Waals surface area contributed by atoms with Gasteiger partial charge >= 0.3 is 0 Å². The smallest absolute Gasteiger partial charge is 0.251 e. The van der Waals surface area contributed by atoms with Gasteiger partial charge in [-0.25, -0.2) is 14.5 Å². The largest absolute Gasteiger partial charge is 0.352 e. The van der Waals surface area contributed by atoms with E-state index < -0.39 is 0 Å². The van der Waals surface area contributed by atoms with Crippen molar-refractivity contribution >= 4 is 33.1 Å². The lowest BCUT2D eigenvalue weighted by Gasteiger charge is -2.06. The van der Waals surface area contributed by atoms with Crippen molar-refractivity contribution in [3.63, 3.8) is 0 Å². The molecule has 0 spiro atoms. The summed E-state index contributed by atoms with van der Waals surface area (Å²) < 4.78 is 2.85. The van der Waals surface area contributed by atoms with Crippen LogP contribution in [-0.2, 0) is 6.42 Å². The van der Waals surface area contributed by atoms with Gasteiger partial charge in [-0.2, -0.15) is 5.10 Å². The fourth-order valence-electron chi connectivity index (χ4n) is 2.94. The Bertz CT molecular complexity index is 1100. The minimum Gasteiger partial charge on any atom is -0.352 e. The SMILES string of the molecule is Cc1cc2ncc(CCCNC(=O)c3ccc4nc(C)sc4c3)cn2n1. The molecule has 0 aliphatic heterocycles. The highest BCUT2D eigenvalue weighted by Crippen LogP contribution is 2.22. The Balaban J connectivity index is 1.33. The molecule has 0 fully saturated rings. The van der Waals surface area contributed by atoms with Gasteiger partial charge in [0.1, 0.15) is 0 Å². The fraction of sp³-hybridized carbons (Fsp3) is 0.263. The number of aromatic nitrogens is 4. The summed E-state index contributed by atoms with van der Waals surface area (Å²) in [5.41, 5.74) is 4.54. The number of hydrogen-bond donors (Lipinski definition) is 1. The molecular weight excluding hydrogens is 346 g/mol. The Labute approximate surface area is 154 Å². The van der Waals surface area contributed by atoms with Gasteiger partial charge < -0.3 is 5.32 Å². The Hall–Kier alpha value is -2.80. The second-order valence-corrected chi connectivity index (χ2v) is 7.56. The minimum absolute atomic E-state index is 0.0470. The standard InChI is InChI=1S/C19H19N5OS/c1-12-8-18-21-10-14(11-24(18)23-12)4-3-7-20-19(25)15-5-6-16-17(9-15)26-13(2)22-16/h5-6,8-11H,3-4,7H2,1-2H3,(H,20,25). The van der Waals surface area contributed by atoms with Crippen molar-refractivity contribution in [3.05, 3.63) is 58.5 Å². The van der Waals surface area contributed by atoms with Gasteiger partial charge in [0.15, 0.2) is 5.65 Å². The molecule has 1 N–H and O–H groups in total. The predicted molar refractivity (Wildman–Crippen MR) is 103 cm³/mol. The normalized spacial score (nSPS) is 11.3. The van der Waals surface area contributed by atoms with E-state index in [0.29, 0.717) is 12.1 Å². The number of rotatable bonds is 5. The summed E-state index contributed by atoms with van der Waals surface area (Å²) in [5.74, 6) is -0.0470. The fourth-order valence-corrected chi connectivity index (χ4v) is 3.81. The van der Waals surface area contributed by atoms with Crippen molar-refractivity contribution in [2.45, 2.75) is 26.7 Å². The maximum absolute atomic E-state index is 12.3. The second-order valence-electron chi connectivity index (χ2n) is 6.33. The van der Waals surface area contributed by atoms with Crippen LogP contribution in [0.15, 0.2) is 36.7 Å².